The lowest BCUT2D eigenvalue weighted by Gasteiger charge is -2.33. The van der Waals surface area contributed by atoms with Crippen LogP contribution in [0.4, 0.5) is 0 Å². The molecule has 0 saturated carbocycles. The molecule has 1 N–H and O–H groups in total. The fourth-order valence-corrected chi connectivity index (χ4v) is 2.50. The SMILES string of the molecule is COC(=O)C1COCCN1C(=O)c1cc(I)ccc1O. The zero-order valence-corrected chi connectivity index (χ0v) is 13.0. The zero-order valence-electron chi connectivity index (χ0n) is 10.8. The number of nitrogens with zero attached hydrogens (tertiary/aromatic N) is 1. The first kappa shape index (κ1) is 15.0. The standard InChI is InChI=1S/C13H14INO5/c1-19-13(18)10-7-20-5-4-15(10)12(17)9-6-8(14)2-3-11(9)16/h2-3,6,10,16H,4-5,7H2,1H3. The Labute approximate surface area is 129 Å². The number of esters is 1. The van der Waals surface area contributed by atoms with Crippen molar-refractivity contribution in [2.24, 2.45) is 0 Å². The molecule has 1 heterocycles. The summed E-state index contributed by atoms with van der Waals surface area (Å²) in [4.78, 5) is 25.6. The van der Waals surface area contributed by atoms with Gasteiger partial charge in [0.25, 0.3) is 5.91 Å². The average molecular weight is 391 g/mol. The molecule has 7 heteroatoms. The second-order valence-corrected chi connectivity index (χ2v) is 5.52. The molecule has 1 aromatic carbocycles. The number of ether oxygens (including phenoxy) is 2. The lowest BCUT2D eigenvalue weighted by atomic mass is 10.1. The van der Waals surface area contributed by atoms with E-state index in [9.17, 15) is 14.7 Å². The molecule has 1 aliphatic rings. The van der Waals surface area contributed by atoms with Gasteiger partial charge in [-0.1, -0.05) is 0 Å². The van der Waals surface area contributed by atoms with Crippen molar-refractivity contribution in [1.82, 2.24) is 4.90 Å². The number of carbonyl (C=O) groups is 2. The summed E-state index contributed by atoms with van der Waals surface area (Å²) in [6.45, 7) is 0.733. The van der Waals surface area contributed by atoms with Crippen LogP contribution in [0.1, 0.15) is 10.4 Å². The summed E-state index contributed by atoms with van der Waals surface area (Å²) in [6.07, 6.45) is 0. The first-order valence-electron chi connectivity index (χ1n) is 5.99. The lowest BCUT2D eigenvalue weighted by Crippen LogP contribution is -2.53. The highest BCUT2D eigenvalue weighted by atomic mass is 127. The van der Waals surface area contributed by atoms with E-state index in [1.165, 1.54) is 18.1 Å². The number of phenols is 1. The van der Waals surface area contributed by atoms with Gasteiger partial charge in [0.15, 0.2) is 6.04 Å². The molecule has 2 rings (SSSR count). The van der Waals surface area contributed by atoms with Crippen LogP contribution in [0.5, 0.6) is 5.75 Å². The third-order valence-corrected chi connectivity index (χ3v) is 3.72. The third-order valence-electron chi connectivity index (χ3n) is 3.05. The molecule has 0 aromatic heterocycles. The summed E-state index contributed by atoms with van der Waals surface area (Å²) in [5, 5.41) is 9.82. The molecule has 1 unspecified atom stereocenters. The summed E-state index contributed by atoms with van der Waals surface area (Å²) in [6, 6.07) is 3.97. The van der Waals surface area contributed by atoms with Crippen molar-refractivity contribution in [3.63, 3.8) is 0 Å². The van der Waals surface area contributed by atoms with Gasteiger partial charge in [-0.25, -0.2) is 4.79 Å². The molecule has 20 heavy (non-hydrogen) atoms. The topological polar surface area (TPSA) is 76.1 Å². The molecule has 1 aliphatic heterocycles. The lowest BCUT2D eigenvalue weighted by molar-refractivity contribution is -0.151. The number of halogens is 1. The van der Waals surface area contributed by atoms with Crippen molar-refractivity contribution >= 4 is 34.5 Å². The summed E-state index contributed by atoms with van der Waals surface area (Å²) >= 11 is 2.05. The Bertz CT molecular complexity index is 533. The monoisotopic (exact) mass is 391 g/mol. The van der Waals surface area contributed by atoms with Crippen molar-refractivity contribution < 1.29 is 24.2 Å². The Hall–Kier alpha value is -1.35. The van der Waals surface area contributed by atoms with E-state index >= 15 is 0 Å². The van der Waals surface area contributed by atoms with Crippen molar-refractivity contribution in [1.29, 1.82) is 0 Å². The Balaban J connectivity index is 2.30. The minimum Gasteiger partial charge on any atom is -0.507 e. The van der Waals surface area contributed by atoms with E-state index in [1.54, 1.807) is 12.1 Å². The number of morpholine rings is 1. The van der Waals surface area contributed by atoms with Crippen LogP contribution < -0.4 is 0 Å². The van der Waals surface area contributed by atoms with Crippen LogP contribution in [0.25, 0.3) is 0 Å². The maximum atomic E-state index is 12.5. The van der Waals surface area contributed by atoms with E-state index in [4.69, 9.17) is 4.74 Å². The maximum absolute atomic E-state index is 12.5. The summed E-state index contributed by atoms with van der Waals surface area (Å²) in [5.41, 5.74) is 0.174. The van der Waals surface area contributed by atoms with Gasteiger partial charge in [0, 0.05) is 10.1 Å². The molecule has 0 spiro atoms. The van der Waals surface area contributed by atoms with Gasteiger partial charge in [-0.2, -0.15) is 0 Å². The molecule has 1 saturated heterocycles. The van der Waals surface area contributed by atoms with Crippen LogP contribution in [0.15, 0.2) is 18.2 Å². The number of methoxy groups -OCH3 is 1. The number of amides is 1. The number of rotatable bonds is 2. The van der Waals surface area contributed by atoms with E-state index in [2.05, 4.69) is 27.3 Å². The van der Waals surface area contributed by atoms with Crippen LogP contribution in [0, 0.1) is 3.57 Å². The van der Waals surface area contributed by atoms with Gasteiger partial charge in [0.2, 0.25) is 0 Å². The van der Waals surface area contributed by atoms with Crippen molar-refractivity contribution in [2.45, 2.75) is 6.04 Å². The van der Waals surface area contributed by atoms with Gasteiger partial charge in [-0.05, 0) is 40.8 Å². The highest BCUT2D eigenvalue weighted by Crippen LogP contribution is 2.23. The van der Waals surface area contributed by atoms with Crippen LogP contribution in [0.3, 0.4) is 0 Å². The highest BCUT2D eigenvalue weighted by Gasteiger charge is 2.35. The number of phenolic OH excluding ortho intramolecular Hbond substituents is 1. The average Bonchev–Trinajstić information content (AvgIpc) is 2.48. The van der Waals surface area contributed by atoms with E-state index < -0.39 is 17.9 Å². The molecule has 1 amide bonds. The molecule has 1 atom stereocenters. The largest absolute Gasteiger partial charge is 0.507 e. The first-order valence-corrected chi connectivity index (χ1v) is 7.07. The van der Waals surface area contributed by atoms with E-state index in [0.29, 0.717) is 6.61 Å². The Kier molecular flexibility index (Phi) is 4.81. The molecule has 108 valence electrons. The second-order valence-electron chi connectivity index (χ2n) is 4.27. The third kappa shape index (κ3) is 3.04. The van der Waals surface area contributed by atoms with E-state index in [0.717, 1.165) is 3.57 Å². The quantitative estimate of drug-likeness (QED) is 0.602. The van der Waals surface area contributed by atoms with Crippen molar-refractivity contribution in [3.05, 3.63) is 27.3 Å². The molecule has 0 aliphatic carbocycles. The van der Waals surface area contributed by atoms with Crippen LogP contribution in [0.2, 0.25) is 0 Å². The van der Waals surface area contributed by atoms with E-state index in [1.807, 2.05) is 0 Å². The molecule has 1 fully saturated rings. The van der Waals surface area contributed by atoms with Crippen molar-refractivity contribution in [2.75, 3.05) is 26.9 Å². The van der Waals surface area contributed by atoms with Gasteiger partial charge in [-0.3, -0.25) is 4.79 Å². The molecule has 0 bridgehead atoms. The molecule has 1 aromatic rings. The van der Waals surface area contributed by atoms with Gasteiger partial charge in [0.05, 0.1) is 25.9 Å². The van der Waals surface area contributed by atoms with Gasteiger partial charge >= 0.3 is 5.97 Å². The Morgan fingerprint density at radius 2 is 2.25 bits per heavy atom. The number of benzene rings is 1. The molecule has 6 nitrogen and oxygen atoms in total. The predicted molar refractivity (Wildman–Crippen MR) is 78.5 cm³/mol. The van der Waals surface area contributed by atoms with Crippen LogP contribution in [-0.2, 0) is 14.3 Å². The second kappa shape index (κ2) is 6.40. The number of carbonyl (C=O) groups excluding carboxylic acids is 2. The van der Waals surface area contributed by atoms with Crippen LogP contribution >= 0.6 is 22.6 Å². The highest BCUT2D eigenvalue weighted by molar-refractivity contribution is 14.1. The zero-order chi connectivity index (χ0) is 14.7. The van der Waals surface area contributed by atoms with Gasteiger partial charge in [0.1, 0.15) is 5.75 Å². The molecular formula is C13H14INO5. The minimum atomic E-state index is -0.779. The maximum Gasteiger partial charge on any atom is 0.331 e. The fraction of sp³-hybridized carbons (Fsp3) is 0.385. The smallest absolute Gasteiger partial charge is 0.331 e. The Morgan fingerprint density at radius 3 is 2.95 bits per heavy atom. The van der Waals surface area contributed by atoms with Crippen molar-refractivity contribution in [3.8, 4) is 5.75 Å². The summed E-state index contributed by atoms with van der Waals surface area (Å²) < 4.78 is 10.7. The van der Waals surface area contributed by atoms with Crippen LogP contribution in [-0.4, -0.2) is 54.8 Å². The predicted octanol–water partition coefficient (Wildman–Crippen LogP) is 1.01. The summed E-state index contributed by atoms with van der Waals surface area (Å²) in [7, 11) is 1.27. The van der Waals surface area contributed by atoms with Gasteiger partial charge < -0.3 is 19.5 Å². The van der Waals surface area contributed by atoms with E-state index in [-0.39, 0.29) is 24.5 Å². The van der Waals surface area contributed by atoms with Gasteiger partial charge in [-0.15, -0.1) is 0 Å². The molecule has 0 radical (unpaired) electrons. The summed E-state index contributed by atoms with van der Waals surface area (Å²) in [5.74, 6) is -1.03. The number of hydrogen-bond donors (Lipinski definition) is 1. The molecular weight excluding hydrogens is 377 g/mol. The number of aromatic hydroxyl groups is 1. The Morgan fingerprint density at radius 1 is 1.50 bits per heavy atom. The minimum absolute atomic E-state index is 0.100. The number of hydrogen-bond acceptors (Lipinski definition) is 5. The first-order chi connectivity index (χ1) is 9.54. The normalized spacial score (nSPS) is 18.7. The fourth-order valence-electron chi connectivity index (χ4n) is 2.01.